The summed E-state index contributed by atoms with van der Waals surface area (Å²) in [7, 11) is 0. The van der Waals surface area contributed by atoms with E-state index in [0.717, 1.165) is 69.5 Å². The van der Waals surface area contributed by atoms with Gasteiger partial charge in [0.2, 0.25) is 5.91 Å². The molecule has 1 spiro atoms. The number of benzene rings is 1. The summed E-state index contributed by atoms with van der Waals surface area (Å²) in [6, 6.07) is 4.58. The van der Waals surface area contributed by atoms with Gasteiger partial charge in [0, 0.05) is 30.3 Å². The highest BCUT2D eigenvalue weighted by Gasteiger charge is 2.57. The van der Waals surface area contributed by atoms with Gasteiger partial charge < -0.3 is 20.6 Å². The summed E-state index contributed by atoms with van der Waals surface area (Å²) in [5, 5.41) is 16.3. The van der Waals surface area contributed by atoms with E-state index in [9.17, 15) is 14.3 Å². The first-order valence-electron chi connectivity index (χ1n) is 10.2. The van der Waals surface area contributed by atoms with Crippen molar-refractivity contribution in [2.24, 2.45) is 11.3 Å². The fourth-order valence-corrected chi connectivity index (χ4v) is 4.85. The summed E-state index contributed by atoms with van der Waals surface area (Å²) in [5.74, 6) is -0.0778. The average molecular weight is 375 g/mol. The number of anilines is 1. The molecule has 2 saturated heterocycles. The predicted octanol–water partition coefficient (Wildman–Crippen LogP) is 2.35. The molecule has 0 radical (unpaired) electrons. The van der Waals surface area contributed by atoms with Crippen LogP contribution < -0.4 is 15.5 Å². The van der Waals surface area contributed by atoms with E-state index in [1.54, 1.807) is 12.1 Å². The Hall–Kier alpha value is -1.66. The fraction of sp³-hybridized carbons (Fsp3) is 0.667. The lowest BCUT2D eigenvalue weighted by Gasteiger charge is -2.34. The fourth-order valence-electron chi connectivity index (χ4n) is 4.85. The third-order valence-corrected chi connectivity index (χ3v) is 6.73. The smallest absolute Gasteiger partial charge is 0.224 e. The maximum absolute atomic E-state index is 14.0. The van der Waals surface area contributed by atoms with Crippen molar-refractivity contribution < 1.29 is 14.3 Å². The van der Waals surface area contributed by atoms with E-state index in [1.165, 1.54) is 6.07 Å². The molecule has 0 bridgehead atoms. The zero-order chi connectivity index (χ0) is 19.0. The molecule has 1 amide bonds. The molecule has 3 fully saturated rings. The Morgan fingerprint density at radius 2 is 2.04 bits per heavy atom. The molecule has 4 rings (SSSR count). The zero-order valence-corrected chi connectivity index (χ0v) is 16.0. The number of aliphatic hydroxyl groups excluding tert-OH is 1. The molecule has 148 valence electrons. The molecular weight excluding hydrogens is 345 g/mol. The summed E-state index contributed by atoms with van der Waals surface area (Å²) >= 11 is 0. The van der Waals surface area contributed by atoms with Gasteiger partial charge in [0.05, 0.1) is 12.1 Å². The van der Waals surface area contributed by atoms with Gasteiger partial charge in [0.1, 0.15) is 5.82 Å². The number of carbonyl (C=O) groups excluding carboxylic acids is 1. The number of hydrogen-bond donors (Lipinski definition) is 3. The summed E-state index contributed by atoms with van der Waals surface area (Å²) in [6.07, 6.45) is 4.31. The zero-order valence-electron chi connectivity index (χ0n) is 16.0. The molecule has 2 heterocycles. The van der Waals surface area contributed by atoms with Crippen molar-refractivity contribution in [1.82, 2.24) is 10.6 Å². The van der Waals surface area contributed by atoms with Crippen molar-refractivity contribution in [3.8, 4) is 0 Å². The average Bonchev–Trinajstić information content (AvgIpc) is 3.36. The maximum Gasteiger partial charge on any atom is 0.224 e. The maximum atomic E-state index is 14.0. The van der Waals surface area contributed by atoms with E-state index in [1.807, 2.05) is 6.92 Å². The summed E-state index contributed by atoms with van der Waals surface area (Å²) in [6.45, 7) is 5.42. The molecule has 3 N–H and O–H groups in total. The summed E-state index contributed by atoms with van der Waals surface area (Å²) < 4.78 is 14.0. The first-order valence-corrected chi connectivity index (χ1v) is 10.2. The topological polar surface area (TPSA) is 64.6 Å². The van der Waals surface area contributed by atoms with Crippen LogP contribution in [-0.4, -0.2) is 43.3 Å². The first-order chi connectivity index (χ1) is 13.0. The van der Waals surface area contributed by atoms with E-state index in [0.29, 0.717) is 0 Å². The van der Waals surface area contributed by atoms with Gasteiger partial charge in [-0.1, -0.05) is 0 Å². The highest BCUT2D eigenvalue weighted by atomic mass is 19.1. The molecule has 3 aliphatic rings. The molecule has 0 aromatic heterocycles. The Morgan fingerprint density at radius 3 is 2.74 bits per heavy atom. The van der Waals surface area contributed by atoms with E-state index in [2.05, 4.69) is 15.5 Å². The highest BCUT2D eigenvalue weighted by Crippen LogP contribution is 2.58. The van der Waals surface area contributed by atoms with E-state index in [4.69, 9.17) is 0 Å². The van der Waals surface area contributed by atoms with Gasteiger partial charge in [-0.05, 0) is 75.7 Å². The third kappa shape index (κ3) is 3.83. The molecule has 6 heteroatoms. The number of aliphatic hydroxyl groups is 1. The van der Waals surface area contributed by atoms with Crippen LogP contribution in [0.1, 0.15) is 50.6 Å². The molecule has 1 aromatic carbocycles. The molecule has 1 aliphatic carbocycles. The SMILES string of the molecule is C[C@H](NC(=O)[C@H]1CC12CCNCC2)c1cc(F)ccc1N1CCC(O)CC1. The van der Waals surface area contributed by atoms with Crippen molar-refractivity contribution >= 4 is 11.6 Å². The number of amides is 1. The highest BCUT2D eigenvalue weighted by molar-refractivity contribution is 5.83. The van der Waals surface area contributed by atoms with Crippen molar-refractivity contribution in [1.29, 1.82) is 0 Å². The molecule has 2 aliphatic heterocycles. The van der Waals surface area contributed by atoms with Crippen LogP contribution in [-0.2, 0) is 4.79 Å². The van der Waals surface area contributed by atoms with Crippen LogP contribution in [0.4, 0.5) is 10.1 Å². The van der Waals surface area contributed by atoms with E-state index in [-0.39, 0.29) is 35.2 Å². The lowest BCUT2D eigenvalue weighted by atomic mass is 9.91. The Balaban J connectivity index is 1.46. The number of rotatable bonds is 4. The number of nitrogens with one attached hydrogen (secondary N) is 2. The number of hydrogen-bond acceptors (Lipinski definition) is 4. The van der Waals surface area contributed by atoms with Gasteiger partial charge >= 0.3 is 0 Å². The van der Waals surface area contributed by atoms with Crippen molar-refractivity contribution in [2.75, 3.05) is 31.1 Å². The number of piperidine rings is 2. The molecule has 2 atom stereocenters. The number of carbonyl (C=O) groups is 1. The Morgan fingerprint density at radius 1 is 1.33 bits per heavy atom. The lowest BCUT2D eigenvalue weighted by molar-refractivity contribution is -0.123. The van der Waals surface area contributed by atoms with Gasteiger partial charge in [0.25, 0.3) is 0 Å². The largest absolute Gasteiger partial charge is 0.393 e. The van der Waals surface area contributed by atoms with Crippen LogP contribution in [0.15, 0.2) is 18.2 Å². The Labute approximate surface area is 160 Å². The summed E-state index contributed by atoms with van der Waals surface area (Å²) in [4.78, 5) is 15.0. The molecule has 1 saturated carbocycles. The molecular formula is C21H30FN3O2. The second-order valence-corrected chi connectivity index (χ2v) is 8.52. The van der Waals surface area contributed by atoms with Gasteiger partial charge in [-0.2, -0.15) is 0 Å². The van der Waals surface area contributed by atoms with Crippen molar-refractivity contribution in [2.45, 2.75) is 51.2 Å². The van der Waals surface area contributed by atoms with E-state index < -0.39 is 0 Å². The Bertz CT molecular complexity index is 697. The molecule has 1 aromatic rings. The number of nitrogens with zero attached hydrogens (tertiary/aromatic N) is 1. The standard InChI is InChI=1S/C21H30FN3O2/c1-14(24-20(27)18-13-21(18)6-8-23-9-7-21)17-12-15(22)2-3-19(17)25-10-4-16(26)5-11-25/h2-3,12,14,16,18,23,26H,4-11,13H2,1H3,(H,24,27)/t14-,18+/m0/s1. The van der Waals surface area contributed by atoms with E-state index >= 15 is 0 Å². The van der Waals surface area contributed by atoms with Gasteiger partial charge in [-0.25, -0.2) is 4.39 Å². The van der Waals surface area contributed by atoms with Gasteiger partial charge in [-0.15, -0.1) is 0 Å². The second-order valence-electron chi connectivity index (χ2n) is 8.52. The minimum Gasteiger partial charge on any atom is -0.393 e. The minimum atomic E-state index is -0.284. The summed E-state index contributed by atoms with van der Waals surface area (Å²) in [5.41, 5.74) is 1.98. The molecule has 5 nitrogen and oxygen atoms in total. The first kappa shape index (κ1) is 18.7. The predicted molar refractivity (Wildman–Crippen MR) is 103 cm³/mol. The van der Waals surface area contributed by atoms with Crippen LogP contribution >= 0.6 is 0 Å². The van der Waals surface area contributed by atoms with Crippen LogP contribution in [0.2, 0.25) is 0 Å². The van der Waals surface area contributed by atoms with Crippen LogP contribution in [0.3, 0.4) is 0 Å². The monoisotopic (exact) mass is 375 g/mol. The molecule has 27 heavy (non-hydrogen) atoms. The lowest BCUT2D eigenvalue weighted by Crippen LogP contribution is -2.38. The molecule has 0 unspecified atom stereocenters. The normalized spacial score (nSPS) is 26.0. The van der Waals surface area contributed by atoms with Crippen molar-refractivity contribution in [3.05, 3.63) is 29.6 Å². The minimum absolute atomic E-state index is 0.101. The van der Waals surface area contributed by atoms with Gasteiger partial charge in [0.15, 0.2) is 0 Å². The second kappa shape index (κ2) is 7.40. The van der Waals surface area contributed by atoms with Crippen LogP contribution in [0.25, 0.3) is 0 Å². The van der Waals surface area contributed by atoms with Gasteiger partial charge in [-0.3, -0.25) is 4.79 Å². The van der Waals surface area contributed by atoms with Crippen LogP contribution in [0.5, 0.6) is 0 Å². The van der Waals surface area contributed by atoms with Crippen LogP contribution in [0, 0.1) is 17.2 Å². The van der Waals surface area contributed by atoms with Crippen molar-refractivity contribution in [3.63, 3.8) is 0 Å². The Kier molecular flexibility index (Phi) is 5.12. The number of halogens is 1. The quantitative estimate of drug-likeness (QED) is 0.756. The third-order valence-electron chi connectivity index (χ3n) is 6.73.